The van der Waals surface area contributed by atoms with Crippen molar-refractivity contribution in [1.82, 2.24) is 14.8 Å². The molecule has 19 heavy (non-hydrogen) atoms. The fourth-order valence-electron chi connectivity index (χ4n) is 2.09. The minimum absolute atomic E-state index is 0.119. The van der Waals surface area contributed by atoms with Crippen LogP contribution in [0.5, 0.6) is 0 Å². The van der Waals surface area contributed by atoms with Crippen LogP contribution in [0.1, 0.15) is 32.2 Å². The van der Waals surface area contributed by atoms with Gasteiger partial charge in [0.2, 0.25) is 0 Å². The third-order valence-corrected chi connectivity index (χ3v) is 3.81. The molecule has 2 rings (SSSR count). The van der Waals surface area contributed by atoms with Crippen LogP contribution in [-0.4, -0.2) is 14.8 Å². The molecule has 1 aromatic carbocycles. The molecule has 0 aliphatic rings. The Labute approximate surface area is 127 Å². The molecule has 0 bridgehead atoms. The summed E-state index contributed by atoms with van der Waals surface area (Å²) >= 11 is 9.56. The minimum atomic E-state index is -0.119. The Bertz CT molecular complexity index is 599. The lowest BCUT2D eigenvalue weighted by molar-refractivity contribution is 0.390. The second-order valence-corrected chi connectivity index (χ2v) is 6.68. The molecule has 0 aliphatic carbocycles. The maximum absolute atomic E-state index is 5.97. The molecule has 102 valence electrons. The molecule has 0 fully saturated rings. The zero-order valence-corrected chi connectivity index (χ0v) is 13.9. The van der Waals surface area contributed by atoms with Gasteiger partial charge >= 0.3 is 0 Å². The highest BCUT2D eigenvalue weighted by molar-refractivity contribution is 9.10. The Hall–Kier alpha value is -0.870. The molecule has 3 nitrogen and oxygen atoms in total. The summed E-state index contributed by atoms with van der Waals surface area (Å²) in [6.45, 7) is 8.44. The van der Waals surface area contributed by atoms with Crippen LogP contribution in [-0.2, 0) is 11.4 Å². The first-order chi connectivity index (χ1) is 8.84. The molecule has 0 atom stereocenters. The van der Waals surface area contributed by atoms with Crippen molar-refractivity contribution in [2.75, 3.05) is 0 Å². The van der Waals surface area contributed by atoms with Crippen LogP contribution in [0.4, 0.5) is 0 Å². The summed E-state index contributed by atoms with van der Waals surface area (Å²) < 4.78 is 3.11. The van der Waals surface area contributed by atoms with E-state index < -0.39 is 0 Å². The molecule has 2 aromatic rings. The third kappa shape index (κ3) is 2.84. The Morgan fingerprint density at radius 3 is 2.53 bits per heavy atom. The predicted octanol–water partition coefficient (Wildman–Crippen LogP) is 4.51. The van der Waals surface area contributed by atoms with Gasteiger partial charge in [-0.2, -0.15) is 0 Å². The highest BCUT2D eigenvalue weighted by Gasteiger charge is 2.24. The summed E-state index contributed by atoms with van der Waals surface area (Å²) in [7, 11) is 0. The van der Waals surface area contributed by atoms with E-state index in [4.69, 9.17) is 11.6 Å². The molecule has 0 saturated heterocycles. The number of rotatable bonds is 2. The van der Waals surface area contributed by atoms with Gasteiger partial charge in [-0.15, -0.1) is 21.8 Å². The first-order valence-corrected chi connectivity index (χ1v) is 7.44. The van der Waals surface area contributed by atoms with E-state index in [1.54, 1.807) is 0 Å². The lowest BCUT2D eigenvalue weighted by atomic mass is 10.1. The van der Waals surface area contributed by atoms with E-state index in [0.29, 0.717) is 5.88 Å². The van der Waals surface area contributed by atoms with Crippen molar-refractivity contribution in [2.45, 2.75) is 39.1 Å². The number of hydrogen-bond donors (Lipinski definition) is 0. The van der Waals surface area contributed by atoms with Gasteiger partial charge in [0, 0.05) is 15.6 Å². The fourth-order valence-corrected chi connectivity index (χ4v) is 2.69. The summed E-state index contributed by atoms with van der Waals surface area (Å²) in [5.74, 6) is 1.99. The van der Waals surface area contributed by atoms with Crippen LogP contribution in [0.25, 0.3) is 11.4 Å². The number of benzene rings is 1. The Morgan fingerprint density at radius 2 is 1.95 bits per heavy atom. The van der Waals surface area contributed by atoms with E-state index in [9.17, 15) is 0 Å². The standard InChI is InChI=1S/C14H17BrClN3/c1-9-5-6-11(15)10(7-9)13-18-17-12(8-16)19(13)14(2,3)4/h5-7H,8H2,1-4H3. The first-order valence-electron chi connectivity index (χ1n) is 6.12. The summed E-state index contributed by atoms with van der Waals surface area (Å²) in [4.78, 5) is 0. The average Bonchev–Trinajstić information content (AvgIpc) is 2.75. The summed E-state index contributed by atoms with van der Waals surface area (Å²) in [6, 6.07) is 6.20. The van der Waals surface area contributed by atoms with E-state index in [0.717, 1.165) is 21.7 Å². The maximum atomic E-state index is 5.97. The molecule has 5 heteroatoms. The largest absolute Gasteiger partial charge is 0.305 e. The molecule has 0 amide bonds. The monoisotopic (exact) mass is 341 g/mol. The van der Waals surface area contributed by atoms with Crippen LogP contribution in [0, 0.1) is 6.92 Å². The lowest BCUT2D eigenvalue weighted by Crippen LogP contribution is -2.25. The van der Waals surface area contributed by atoms with E-state index in [-0.39, 0.29) is 5.54 Å². The fraction of sp³-hybridized carbons (Fsp3) is 0.429. The van der Waals surface area contributed by atoms with Crippen molar-refractivity contribution in [2.24, 2.45) is 0 Å². The van der Waals surface area contributed by atoms with Crippen LogP contribution < -0.4 is 0 Å². The second kappa shape index (κ2) is 5.25. The first kappa shape index (κ1) is 14.5. The molecule has 0 radical (unpaired) electrons. The molecular formula is C14H17BrClN3. The topological polar surface area (TPSA) is 30.7 Å². The molecule has 1 heterocycles. The predicted molar refractivity (Wildman–Crippen MR) is 82.4 cm³/mol. The van der Waals surface area contributed by atoms with Crippen molar-refractivity contribution in [3.63, 3.8) is 0 Å². The van der Waals surface area contributed by atoms with Gasteiger partial charge in [0.05, 0.1) is 5.88 Å². The summed E-state index contributed by atoms with van der Waals surface area (Å²) in [6.07, 6.45) is 0. The van der Waals surface area contributed by atoms with Gasteiger partial charge in [-0.3, -0.25) is 0 Å². The van der Waals surface area contributed by atoms with Crippen LogP contribution >= 0.6 is 27.5 Å². The SMILES string of the molecule is Cc1ccc(Br)c(-c2nnc(CCl)n2C(C)(C)C)c1. The number of halogens is 2. The maximum Gasteiger partial charge on any atom is 0.165 e. The highest BCUT2D eigenvalue weighted by atomic mass is 79.9. The number of nitrogens with zero attached hydrogens (tertiary/aromatic N) is 3. The van der Waals surface area contributed by atoms with Gasteiger partial charge in [-0.05, 0) is 39.8 Å². The van der Waals surface area contributed by atoms with Crippen LogP contribution in [0.3, 0.4) is 0 Å². The Balaban J connectivity index is 2.69. The van der Waals surface area contributed by atoms with Gasteiger partial charge in [0.1, 0.15) is 5.82 Å². The van der Waals surface area contributed by atoms with E-state index in [2.05, 4.69) is 70.5 Å². The zero-order chi connectivity index (χ0) is 14.2. The minimum Gasteiger partial charge on any atom is -0.305 e. The molecule has 0 spiro atoms. The summed E-state index contributed by atoms with van der Waals surface area (Å²) in [5.41, 5.74) is 2.11. The van der Waals surface area contributed by atoms with Crippen LogP contribution in [0.15, 0.2) is 22.7 Å². The van der Waals surface area contributed by atoms with Gasteiger partial charge in [-0.1, -0.05) is 27.6 Å². The average molecular weight is 343 g/mol. The van der Waals surface area contributed by atoms with Gasteiger partial charge < -0.3 is 4.57 Å². The van der Waals surface area contributed by atoms with E-state index >= 15 is 0 Å². The van der Waals surface area contributed by atoms with Gasteiger partial charge in [0.25, 0.3) is 0 Å². The van der Waals surface area contributed by atoms with Crippen molar-refractivity contribution >= 4 is 27.5 Å². The third-order valence-electron chi connectivity index (χ3n) is 2.88. The van der Waals surface area contributed by atoms with E-state index in [1.807, 2.05) is 6.07 Å². The molecule has 0 unspecified atom stereocenters. The van der Waals surface area contributed by atoms with Crippen molar-refractivity contribution in [3.8, 4) is 11.4 Å². The number of hydrogen-bond acceptors (Lipinski definition) is 2. The molecule has 0 saturated carbocycles. The molecule has 1 aromatic heterocycles. The molecule has 0 aliphatic heterocycles. The van der Waals surface area contributed by atoms with Crippen molar-refractivity contribution in [3.05, 3.63) is 34.1 Å². The summed E-state index contributed by atoms with van der Waals surface area (Å²) in [5, 5.41) is 8.53. The van der Waals surface area contributed by atoms with Crippen molar-refractivity contribution in [1.29, 1.82) is 0 Å². The van der Waals surface area contributed by atoms with Crippen molar-refractivity contribution < 1.29 is 0 Å². The second-order valence-electron chi connectivity index (χ2n) is 5.56. The Morgan fingerprint density at radius 1 is 1.26 bits per heavy atom. The highest BCUT2D eigenvalue weighted by Crippen LogP contribution is 2.32. The van der Waals surface area contributed by atoms with Crippen LogP contribution in [0.2, 0.25) is 0 Å². The number of alkyl halides is 1. The zero-order valence-electron chi connectivity index (χ0n) is 11.5. The van der Waals surface area contributed by atoms with Gasteiger partial charge in [0.15, 0.2) is 5.82 Å². The molecule has 0 N–H and O–H groups in total. The van der Waals surface area contributed by atoms with E-state index in [1.165, 1.54) is 5.56 Å². The lowest BCUT2D eigenvalue weighted by Gasteiger charge is -2.25. The normalized spacial score (nSPS) is 11.9. The smallest absolute Gasteiger partial charge is 0.165 e. The quantitative estimate of drug-likeness (QED) is 0.752. The number of aromatic nitrogens is 3. The Kier molecular flexibility index (Phi) is 4.02. The van der Waals surface area contributed by atoms with Gasteiger partial charge in [-0.25, -0.2) is 0 Å². The molecular weight excluding hydrogens is 326 g/mol. The number of aryl methyl sites for hydroxylation is 1.